The zero-order valence-electron chi connectivity index (χ0n) is 24.9. The third-order valence-electron chi connectivity index (χ3n) is 9.58. The van der Waals surface area contributed by atoms with E-state index in [-0.39, 0.29) is 0 Å². The van der Waals surface area contributed by atoms with Crippen molar-refractivity contribution >= 4 is 65.3 Å². The van der Waals surface area contributed by atoms with Gasteiger partial charge in [-0.05, 0) is 74.6 Å². The molecule has 2 aromatic heterocycles. The van der Waals surface area contributed by atoms with E-state index in [0.29, 0.717) is 0 Å². The number of furan rings is 1. The summed E-state index contributed by atoms with van der Waals surface area (Å²) < 4.78 is 8.78. The Hall–Kier alpha value is -6.12. The van der Waals surface area contributed by atoms with Gasteiger partial charge in [0.2, 0.25) is 0 Å². The second-order valence-electron chi connectivity index (χ2n) is 12.1. The lowest BCUT2D eigenvalue weighted by atomic mass is 9.97. The van der Waals surface area contributed by atoms with Crippen molar-refractivity contribution in [2.75, 3.05) is 0 Å². The van der Waals surface area contributed by atoms with Gasteiger partial charge in [-0.3, -0.25) is 0 Å². The molecular weight excluding hydrogens is 558 g/mol. The minimum absolute atomic E-state index is 0.919. The van der Waals surface area contributed by atoms with Gasteiger partial charge in [0, 0.05) is 32.8 Å². The summed E-state index contributed by atoms with van der Waals surface area (Å²) in [6.07, 6.45) is 0. The molecule has 214 valence electrons. The first-order chi connectivity index (χ1) is 22.8. The van der Waals surface area contributed by atoms with Gasteiger partial charge in [-0.25, -0.2) is 0 Å². The van der Waals surface area contributed by atoms with Crippen molar-refractivity contribution in [2.24, 2.45) is 0 Å². The molecule has 0 atom stereocenters. The predicted molar refractivity (Wildman–Crippen MR) is 194 cm³/mol. The number of hydrogen-bond donors (Lipinski definition) is 0. The van der Waals surface area contributed by atoms with E-state index in [1.165, 1.54) is 54.5 Å². The van der Waals surface area contributed by atoms with Gasteiger partial charge in [0.1, 0.15) is 11.2 Å². The van der Waals surface area contributed by atoms with E-state index in [9.17, 15) is 0 Å². The molecule has 0 radical (unpaired) electrons. The minimum atomic E-state index is 0.919. The SMILES string of the molecule is c1cc(-c2ccc(-n3c4ccc5ccccc5c4c4c5ccccc5ccc43)cc2)cc(-c2cccc3c2oc2ccccc23)c1. The molecule has 0 amide bonds. The number of hydrogen-bond acceptors (Lipinski definition) is 1. The zero-order valence-corrected chi connectivity index (χ0v) is 24.9. The smallest absolute Gasteiger partial charge is 0.143 e. The second kappa shape index (κ2) is 9.69. The van der Waals surface area contributed by atoms with E-state index >= 15 is 0 Å². The van der Waals surface area contributed by atoms with Crippen LogP contribution in [0.4, 0.5) is 0 Å². The number of benzene rings is 8. The van der Waals surface area contributed by atoms with Crippen LogP contribution >= 0.6 is 0 Å². The lowest BCUT2D eigenvalue weighted by Gasteiger charge is -2.11. The van der Waals surface area contributed by atoms with Gasteiger partial charge in [-0.2, -0.15) is 0 Å². The summed E-state index contributed by atoms with van der Waals surface area (Å²) in [5.41, 5.74) is 10.1. The largest absolute Gasteiger partial charge is 0.455 e. The van der Waals surface area contributed by atoms with Crippen LogP contribution in [0.25, 0.3) is 93.2 Å². The lowest BCUT2D eigenvalue weighted by molar-refractivity contribution is 0.670. The van der Waals surface area contributed by atoms with E-state index in [1.807, 2.05) is 12.1 Å². The maximum Gasteiger partial charge on any atom is 0.143 e. The van der Waals surface area contributed by atoms with Gasteiger partial charge < -0.3 is 8.98 Å². The van der Waals surface area contributed by atoms with Crippen LogP contribution in [0.1, 0.15) is 0 Å². The van der Waals surface area contributed by atoms with Crippen molar-refractivity contribution in [3.05, 3.63) is 164 Å². The lowest BCUT2D eigenvalue weighted by Crippen LogP contribution is -1.94. The van der Waals surface area contributed by atoms with Crippen molar-refractivity contribution in [3.8, 4) is 27.9 Å². The fraction of sp³-hybridized carbons (Fsp3) is 0. The fourth-order valence-corrected chi connectivity index (χ4v) is 7.47. The summed E-state index contributed by atoms with van der Waals surface area (Å²) >= 11 is 0. The predicted octanol–water partition coefficient (Wildman–Crippen LogP) is 12.3. The summed E-state index contributed by atoms with van der Waals surface area (Å²) in [4.78, 5) is 0. The minimum Gasteiger partial charge on any atom is -0.455 e. The van der Waals surface area contributed by atoms with E-state index in [1.54, 1.807) is 0 Å². The first kappa shape index (κ1) is 25.2. The van der Waals surface area contributed by atoms with E-state index < -0.39 is 0 Å². The molecule has 0 spiro atoms. The molecule has 2 heterocycles. The summed E-state index contributed by atoms with van der Waals surface area (Å²) in [5.74, 6) is 0. The van der Waals surface area contributed by atoms with Crippen molar-refractivity contribution in [1.29, 1.82) is 0 Å². The standard InChI is InChI=1S/C44H27NO/c1-3-13-34-29(9-1)21-25-39-42(34)43-35-14-4-2-10-30(35)22-26-40(43)45(39)33-23-19-28(20-24-33)31-11-7-12-32(27-31)36-16-8-17-38-37-15-5-6-18-41(37)46-44(36)38/h1-27H. The van der Waals surface area contributed by atoms with Crippen molar-refractivity contribution in [2.45, 2.75) is 0 Å². The average Bonchev–Trinajstić information content (AvgIpc) is 3.68. The molecule has 0 aliphatic rings. The zero-order chi connectivity index (χ0) is 30.2. The molecule has 0 bridgehead atoms. The third kappa shape index (κ3) is 3.65. The Morgan fingerprint density at radius 2 is 0.978 bits per heavy atom. The molecule has 10 rings (SSSR count). The van der Waals surface area contributed by atoms with Crippen LogP contribution in [-0.4, -0.2) is 4.57 Å². The van der Waals surface area contributed by atoms with Crippen LogP contribution in [0.3, 0.4) is 0 Å². The Morgan fingerprint density at radius 1 is 0.391 bits per heavy atom. The Kier molecular flexibility index (Phi) is 5.31. The van der Waals surface area contributed by atoms with Crippen LogP contribution in [-0.2, 0) is 0 Å². The van der Waals surface area contributed by atoms with Crippen LogP contribution in [0.15, 0.2) is 168 Å². The second-order valence-corrected chi connectivity index (χ2v) is 12.1. The van der Waals surface area contributed by atoms with Crippen LogP contribution in [0.5, 0.6) is 0 Å². The highest BCUT2D eigenvalue weighted by Crippen LogP contribution is 2.41. The summed E-state index contributed by atoms with van der Waals surface area (Å²) in [6.45, 7) is 0. The van der Waals surface area contributed by atoms with E-state index in [0.717, 1.165) is 38.8 Å². The molecule has 0 saturated heterocycles. The van der Waals surface area contributed by atoms with Gasteiger partial charge >= 0.3 is 0 Å². The molecule has 0 fully saturated rings. The molecule has 0 N–H and O–H groups in total. The number of nitrogens with zero attached hydrogens (tertiary/aromatic N) is 1. The molecule has 0 unspecified atom stereocenters. The normalized spacial score (nSPS) is 11.9. The Morgan fingerprint density at radius 3 is 1.70 bits per heavy atom. The molecule has 8 aromatic carbocycles. The maximum atomic E-state index is 6.36. The average molecular weight is 586 g/mol. The topological polar surface area (TPSA) is 18.1 Å². The highest BCUT2D eigenvalue weighted by molar-refractivity contribution is 6.28. The maximum absolute atomic E-state index is 6.36. The fourth-order valence-electron chi connectivity index (χ4n) is 7.47. The van der Waals surface area contributed by atoms with Crippen molar-refractivity contribution in [1.82, 2.24) is 4.57 Å². The monoisotopic (exact) mass is 585 g/mol. The summed E-state index contributed by atoms with van der Waals surface area (Å²) in [6, 6.07) is 59.0. The Balaban J connectivity index is 1.13. The van der Waals surface area contributed by atoms with Gasteiger partial charge in [0.25, 0.3) is 0 Å². The molecule has 0 saturated carbocycles. The highest BCUT2D eigenvalue weighted by Gasteiger charge is 2.17. The van der Waals surface area contributed by atoms with E-state index in [2.05, 4.69) is 156 Å². The van der Waals surface area contributed by atoms with Gasteiger partial charge in [-0.15, -0.1) is 0 Å². The molecule has 10 aromatic rings. The third-order valence-corrected chi connectivity index (χ3v) is 9.58. The van der Waals surface area contributed by atoms with Crippen LogP contribution in [0.2, 0.25) is 0 Å². The summed E-state index contributed by atoms with van der Waals surface area (Å²) in [5, 5.41) is 10.0. The number of para-hydroxylation sites is 2. The van der Waals surface area contributed by atoms with Crippen LogP contribution in [0, 0.1) is 0 Å². The van der Waals surface area contributed by atoms with Crippen molar-refractivity contribution in [3.63, 3.8) is 0 Å². The molecule has 2 nitrogen and oxygen atoms in total. The molecule has 0 aliphatic heterocycles. The van der Waals surface area contributed by atoms with Gasteiger partial charge in [0.15, 0.2) is 0 Å². The molecule has 0 aliphatic carbocycles. The first-order valence-electron chi connectivity index (χ1n) is 15.8. The first-order valence-corrected chi connectivity index (χ1v) is 15.8. The summed E-state index contributed by atoms with van der Waals surface area (Å²) in [7, 11) is 0. The highest BCUT2D eigenvalue weighted by atomic mass is 16.3. The Bertz CT molecular complexity index is 2700. The molecular formula is C44H27NO. The number of rotatable bonds is 3. The van der Waals surface area contributed by atoms with Gasteiger partial charge in [0.05, 0.1) is 11.0 Å². The quantitative estimate of drug-likeness (QED) is 0.202. The molecule has 2 heteroatoms. The Labute approximate surface area is 265 Å². The number of fused-ring (bicyclic) bond motifs is 10. The molecule has 46 heavy (non-hydrogen) atoms. The van der Waals surface area contributed by atoms with Crippen LogP contribution < -0.4 is 0 Å². The van der Waals surface area contributed by atoms with Gasteiger partial charge in [-0.1, -0.05) is 127 Å². The number of aromatic nitrogens is 1. The van der Waals surface area contributed by atoms with Crippen molar-refractivity contribution < 1.29 is 4.42 Å². The van der Waals surface area contributed by atoms with E-state index in [4.69, 9.17) is 4.42 Å².